The minimum atomic E-state index is -0.118. The van der Waals surface area contributed by atoms with Crippen molar-refractivity contribution in [2.45, 2.75) is 12.8 Å². The molecule has 3 aromatic heterocycles. The number of hydrogen-bond donors (Lipinski definition) is 0. The maximum absolute atomic E-state index is 13.2. The Balaban J connectivity index is 1.09. The van der Waals surface area contributed by atoms with E-state index in [0.29, 0.717) is 37.5 Å². The number of amides is 2. The molecule has 0 bridgehead atoms. The van der Waals surface area contributed by atoms with Crippen molar-refractivity contribution >= 4 is 39.7 Å². The molecule has 0 saturated carbocycles. The van der Waals surface area contributed by atoms with Crippen LogP contribution in [0.2, 0.25) is 0 Å². The number of rotatable bonds is 3. The maximum atomic E-state index is 13.2. The molecule has 0 unspecified atom stereocenters. The molecule has 174 valence electrons. The number of nitrogens with zero attached hydrogens (tertiary/aromatic N) is 5. The quantitative estimate of drug-likeness (QED) is 0.464. The lowest BCUT2D eigenvalue weighted by atomic mass is 9.95. The smallest absolute Gasteiger partial charge is 0.289 e. The SMILES string of the molecule is O=C(c1ccco1)N1CCN(C(=O)C2CCN(c3ncnc4c3oc3ccccc34)CC2)CC1. The first-order valence-electron chi connectivity index (χ1n) is 11.7. The van der Waals surface area contributed by atoms with Gasteiger partial charge >= 0.3 is 0 Å². The lowest BCUT2D eigenvalue weighted by Gasteiger charge is -2.38. The highest BCUT2D eigenvalue weighted by atomic mass is 16.3. The summed E-state index contributed by atoms with van der Waals surface area (Å²) in [7, 11) is 0. The van der Waals surface area contributed by atoms with Crippen LogP contribution in [0, 0.1) is 5.92 Å². The summed E-state index contributed by atoms with van der Waals surface area (Å²) in [5.41, 5.74) is 2.32. The molecule has 2 saturated heterocycles. The van der Waals surface area contributed by atoms with Crippen LogP contribution in [0.25, 0.3) is 22.1 Å². The summed E-state index contributed by atoms with van der Waals surface area (Å²) in [5, 5.41) is 0.982. The summed E-state index contributed by atoms with van der Waals surface area (Å²) >= 11 is 0. The monoisotopic (exact) mass is 459 g/mol. The van der Waals surface area contributed by atoms with Gasteiger partial charge in [0.25, 0.3) is 5.91 Å². The maximum Gasteiger partial charge on any atom is 0.289 e. The van der Waals surface area contributed by atoms with Crippen LogP contribution in [-0.4, -0.2) is 70.9 Å². The highest BCUT2D eigenvalue weighted by molar-refractivity contribution is 6.05. The average Bonchev–Trinajstić information content (AvgIpc) is 3.56. The summed E-state index contributed by atoms with van der Waals surface area (Å²) in [5.74, 6) is 1.18. The van der Waals surface area contributed by atoms with Gasteiger partial charge in [-0.2, -0.15) is 0 Å². The van der Waals surface area contributed by atoms with Gasteiger partial charge in [-0.3, -0.25) is 9.59 Å². The molecule has 2 aliphatic heterocycles. The second-order valence-corrected chi connectivity index (χ2v) is 8.83. The molecule has 0 spiro atoms. The molecule has 2 aliphatic rings. The van der Waals surface area contributed by atoms with Gasteiger partial charge in [0.2, 0.25) is 5.91 Å². The largest absolute Gasteiger partial charge is 0.459 e. The van der Waals surface area contributed by atoms with Gasteiger partial charge in [0.05, 0.1) is 6.26 Å². The van der Waals surface area contributed by atoms with Crippen molar-refractivity contribution in [3.63, 3.8) is 0 Å². The number of anilines is 1. The summed E-state index contributed by atoms with van der Waals surface area (Å²) in [4.78, 5) is 40.4. The molecule has 1 aromatic carbocycles. The first-order chi connectivity index (χ1) is 16.7. The van der Waals surface area contributed by atoms with E-state index < -0.39 is 0 Å². The van der Waals surface area contributed by atoms with E-state index >= 15 is 0 Å². The van der Waals surface area contributed by atoms with Crippen LogP contribution in [0.15, 0.2) is 57.8 Å². The highest BCUT2D eigenvalue weighted by Gasteiger charge is 2.33. The van der Waals surface area contributed by atoms with E-state index in [4.69, 9.17) is 8.83 Å². The Hall–Kier alpha value is -3.88. The van der Waals surface area contributed by atoms with Crippen molar-refractivity contribution in [3.8, 4) is 0 Å². The van der Waals surface area contributed by atoms with Crippen LogP contribution in [0.3, 0.4) is 0 Å². The van der Waals surface area contributed by atoms with Gasteiger partial charge in [0.1, 0.15) is 17.4 Å². The minimum Gasteiger partial charge on any atom is -0.459 e. The normalized spacial score (nSPS) is 17.6. The predicted molar refractivity (Wildman–Crippen MR) is 125 cm³/mol. The number of carbonyl (C=O) groups excluding carboxylic acids is 2. The lowest BCUT2D eigenvalue weighted by molar-refractivity contribution is -0.137. The van der Waals surface area contributed by atoms with Crippen LogP contribution in [0.5, 0.6) is 0 Å². The Morgan fingerprint density at radius 3 is 2.41 bits per heavy atom. The molecule has 9 heteroatoms. The third kappa shape index (κ3) is 3.57. The number of benzene rings is 1. The van der Waals surface area contributed by atoms with Crippen molar-refractivity contribution in [1.29, 1.82) is 0 Å². The van der Waals surface area contributed by atoms with E-state index in [1.165, 1.54) is 6.26 Å². The van der Waals surface area contributed by atoms with E-state index in [0.717, 1.165) is 48.2 Å². The Morgan fingerprint density at radius 2 is 1.65 bits per heavy atom. The first-order valence-corrected chi connectivity index (χ1v) is 11.7. The van der Waals surface area contributed by atoms with Crippen LogP contribution in [-0.2, 0) is 4.79 Å². The van der Waals surface area contributed by atoms with Gasteiger partial charge in [-0.15, -0.1) is 0 Å². The molecule has 0 aliphatic carbocycles. The molecule has 0 atom stereocenters. The number of aromatic nitrogens is 2. The van der Waals surface area contributed by atoms with Crippen LogP contribution in [0.1, 0.15) is 23.4 Å². The summed E-state index contributed by atoms with van der Waals surface area (Å²) in [6, 6.07) is 11.2. The molecular formula is C25H25N5O4. The number of piperidine rings is 1. The number of para-hydroxylation sites is 1. The van der Waals surface area contributed by atoms with Crippen molar-refractivity contribution in [2.24, 2.45) is 5.92 Å². The Kier molecular flexibility index (Phi) is 5.16. The average molecular weight is 460 g/mol. The fourth-order valence-electron chi connectivity index (χ4n) is 5.02. The molecule has 4 aromatic rings. The number of furan rings is 2. The molecule has 2 amide bonds. The summed E-state index contributed by atoms with van der Waals surface area (Å²) < 4.78 is 11.3. The molecular weight excluding hydrogens is 434 g/mol. The lowest BCUT2D eigenvalue weighted by Crippen LogP contribution is -2.53. The summed E-state index contributed by atoms with van der Waals surface area (Å²) in [6.07, 6.45) is 4.60. The van der Waals surface area contributed by atoms with Gasteiger partial charge in [-0.25, -0.2) is 9.97 Å². The number of piperazine rings is 1. The fourth-order valence-corrected chi connectivity index (χ4v) is 5.02. The van der Waals surface area contributed by atoms with Crippen LogP contribution in [0.4, 0.5) is 5.82 Å². The van der Waals surface area contributed by atoms with E-state index in [-0.39, 0.29) is 17.7 Å². The van der Waals surface area contributed by atoms with Gasteiger partial charge in [0.15, 0.2) is 17.2 Å². The first kappa shape index (κ1) is 20.7. The molecule has 9 nitrogen and oxygen atoms in total. The zero-order valence-corrected chi connectivity index (χ0v) is 18.7. The van der Waals surface area contributed by atoms with E-state index in [1.807, 2.05) is 29.2 Å². The number of hydrogen-bond acceptors (Lipinski definition) is 7. The van der Waals surface area contributed by atoms with Gasteiger partial charge < -0.3 is 23.5 Å². The van der Waals surface area contributed by atoms with E-state index in [2.05, 4.69) is 14.9 Å². The van der Waals surface area contributed by atoms with Gasteiger partial charge in [-0.05, 0) is 37.1 Å². The van der Waals surface area contributed by atoms with E-state index in [9.17, 15) is 9.59 Å². The fraction of sp³-hybridized carbons (Fsp3) is 0.360. The standard InChI is InChI=1S/C25H25N5O4/c31-24(29-11-13-30(14-12-29)25(32)20-6-3-15-33-20)17-7-9-28(10-8-17)23-22-21(26-16-27-23)18-4-1-2-5-19(18)34-22/h1-6,15-17H,7-14H2. The predicted octanol–water partition coefficient (Wildman–Crippen LogP) is 3.17. The van der Waals surface area contributed by atoms with E-state index in [1.54, 1.807) is 23.4 Å². The summed E-state index contributed by atoms with van der Waals surface area (Å²) in [6.45, 7) is 3.62. The van der Waals surface area contributed by atoms with Crippen LogP contribution >= 0.6 is 0 Å². The van der Waals surface area contributed by atoms with Crippen LogP contribution < -0.4 is 4.90 Å². The van der Waals surface area contributed by atoms with Crippen molar-refractivity contribution < 1.29 is 18.4 Å². The molecule has 6 rings (SSSR count). The third-order valence-corrected chi connectivity index (χ3v) is 6.89. The van der Waals surface area contributed by atoms with Crippen molar-refractivity contribution in [1.82, 2.24) is 19.8 Å². The number of fused-ring (bicyclic) bond motifs is 3. The molecule has 2 fully saturated rings. The Morgan fingerprint density at radius 1 is 0.882 bits per heavy atom. The van der Waals surface area contributed by atoms with Crippen molar-refractivity contribution in [3.05, 3.63) is 54.7 Å². The second kappa shape index (κ2) is 8.48. The van der Waals surface area contributed by atoms with Gasteiger partial charge in [0, 0.05) is 50.6 Å². The molecule has 34 heavy (non-hydrogen) atoms. The molecule has 0 radical (unpaired) electrons. The van der Waals surface area contributed by atoms with Gasteiger partial charge in [-0.1, -0.05) is 12.1 Å². The molecule has 5 heterocycles. The van der Waals surface area contributed by atoms with Crippen molar-refractivity contribution in [2.75, 3.05) is 44.2 Å². The minimum absolute atomic E-state index is 0.0171. The molecule has 0 N–H and O–H groups in total. The Labute approximate surface area is 195 Å². The number of carbonyl (C=O) groups is 2. The topological polar surface area (TPSA) is 95.9 Å². The second-order valence-electron chi connectivity index (χ2n) is 8.83. The zero-order valence-electron chi connectivity index (χ0n) is 18.7. The zero-order chi connectivity index (χ0) is 23.1. The highest BCUT2D eigenvalue weighted by Crippen LogP contribution is 2.34. The third-order valence-electron chi connectivity index (χ3n) is 6.89. The Bertz CT molecular complexity index is 1330.